The van der Waals surface area contributed by atoms with Crippen LogP contribution in [0.15, 0.2) is 84.9 Å². The van der Waals surface area contributed by atoms with Gasteiger partial charge in [-0.25, -0.2) is 4.79 Å². The molecule has 0 fully saturated rings. The molecule has 0 aliphatic heterocycles. The van der Waals surface area contributed by atoms with Gasteiger partial charge >= 0.3 is 12.2 Å². The van der Waals surface area contributed by atoms with Crippen molar-refractivity contribution in [3.8, 4) is 0 Å². The van der Waals surface area contributed by atoms with E-state index in [0.717, 1.165) is 23.3 Å². The summed E-state index contributed by atoms with van der Waals surface area (Å²) >= 11 is 0. The highest BCUT2D eigenvalue weighted by Gasteiger charge is 2.30. The van der Waals surface area contributed by atoms with Crippen molar-refractivity contribution in [1.29, 1.82) is 0 Å². The summed E-state index contributed by atoms with van der Waals surface area (Å²) in [4.78, 5) is 12.5. The maximum absolute atomic E-state index is 12.7. The molecule has 0 saturated carbocycles. The molecule has 0 spiro atoms. The fraction of sp³-hybridized carbons (Fsp3) is 0.136. The lowest BCUT2D eigenvalue weighted by Crippen LogP contribution is -2.38. The molecule has 3 aromatic carbocycles. The van der Waals surface area contributed by atoms with Crippen LogP contribution in [0.25, 0.3) is 0 Å². The van der Waals surface area contributed by atoms with Gasteiger partial charge in [0.2, 0.25) is 0 Å². The van der Waals surface area contributed by atoms with E-state index in [1.807, 2.05) is 60.7 Å². The Morgan fingerprint density at radius 3 is 1.83 bits per heavy atom. The second-order valence-corrected chi connectivity index (χ2v) is 6.50. The van der Waals surface area contributed by atoms with Crippen LogP contribution in [0.4, 0.5) is 23.7 Å². The van der Waals surface area contributed by atoms with Crippen molar-refractivity contribution in [3.05, 3.63) is 102 Å². The van der Waals surface area contributed by atoms with Crippen molar-refractivity contribution < 1.29 is 18.0 Å². The van der Waals surface area contributed by atoms with Gasteiger partial charge in [0.25, 0.3) is 0 Å². The number of urea groups is 1. The lowest BCUT2D eigenvalue weighted by atomic mass is 9.94. The molecule has 0 aliphatic rings. The van der Waals surface area contributed by atoms with Crippen LogP contribution in [0.3, 0.4) is 0 Å². The number of halogens is 3. The monoisotopic (exact) mass is 399 g/mol. The summed E-state index contributed by atoms with van der Waals surface area (Å²) in [6.07, 6.45) is -4.43. The zero-order chi connectivity index (χ0) is 20.9. The number of nitrogens with one attached hydrogen (secondary N) is 2. The number of anilines is 1. The largest absolute Gasteiger partial charge is 0.416 e. The SMILES string of the molecule is N[C@H](c1ccccc1)[C@H](NC(=O)Nc1ccc(C(F)(F)F)cc1)c1ccccc1. The van der Waals surface area contributed by atoms with Crippen LogP contribution in [0, 0.1) is 0 Å². The van der Waals surface area contributed by atoms with Crippen molar-refractivity contribution in [3.63, 3.8) is 0 Å². The van der Waals surface area contributed by atoms with Gasteiger partial charge in [0.15, 0.2) is 0 Å². The summed E-state index contributed by atoms with van der Waals surface area (Å²) < 4.78 is 38.0. The zero-order valence-corrected chi connectivity index (χ0v) is 15.4. The first-order valence-corrected chi connectivity index (χ1v) is 8.95. The van der Waals surface area contributed by atoms with Gasteiger partial charge in [-0.15, -0.1) is 0 Å². The molecule has 7 heteroatoms. The number of benzene rings is 3. The number of hydrogen-bond acceptors (Lipinski definition) is 2. The Balaban J connectivity index is 1.76. The van der Waals surface area contributed by atoms with E-state index in [9.17, 15) is 18.0 Å². The summed E-state index contributed by atoms with van der Waals surface area (Å²) in [5.41, 5.74) is 7.53. The van der Waals surface area contributed by atoms with Crippen LogP contribution in [-0.2, 0) is 6.18 Å². The van der Waals surface area contributed by atoms with Gasteiger partial charge in [0.05, 0.1) is 17.6 Å². The lowest BCUT2D eigenvalue weighted by molar-refractivity contribution is -0.137. The van der Waals surface area contributed by atoms with Crippen LogP contribution in [0.5, 0.6) is 0 Å². The van der Waals surface area contributed by atoms with E-state index in [1.165, 1.54) is 12.1 Å². The van der Waals surface area contributed by atoms with Crippen LogP contribution in [0.2, 0.25) is 0 Å². The Morgan fingerprint density at radius 1 is 0.793 bits per heavy atom. The van der Waals surface area contributed by atoms with Crippen LogP contribution in [0.1, 0.15) is 28.8 Å². The van der Waals surface area contributed by atoms with Crippen LogP contribution >= 0.6 is 0 Å². The van der Waals surface area contributed by atoms with E-state index in [1.54, 1.807) is 0 Å². The van der Waals surface area contributed by atoms with Gasteiger partial charge in [-0.1, -0.05) is 60.7 Å². The van der Waals surface area contributed by atoms with E-state index in [-0.39, 0.29) is 5.69 Å². The highest BCUT2D eigenvalue weighted by atomic mass is 19.4. The zero-order valence-electron chi connectivity index (χ0n) is 15.4. The summed E-state index contributed by atoms with van der Waals surface area (Å²) in [6.45, 7) is 0. The van der Waals surface area contributed by atoms with E-state index < -0.39 is 29.9 Å². The molecule has 0 bridgehead atoms. The lowest BCUT2D eigenvalue weighted by Gasteiger charge is -2.26. The number of nitrogens with two attached hydrogens (primary N) is 1. The molecule has 150 valence electrons. The second kappa shape index (κ2) is 8.79. The molecule has 0 aromatic heterocycles. The standard InChI is InChI=1S/C22H20F3N3O/c23-22(24,25)17-11-13-18(14-12-17)27-21(29)28-20(16-9-5-2-6-10-16)19(26)15-7-3-1-4-8-15/h1-14,19-20H,26H2,(H2,27,28,29)/t19-,20-/m1/s1. The molecular formula is C22H20F3N3O. The second-order valence-electron chi connectivity index (χ2n) is 6.50. The third-order valence-corrected chi connectivity index (χ3v) is 4.46. The van der Waals surface area contributed by atoms with Crippen molar-refractivity contribution in [2.75, 3.05) is 5.32 Å². The first-order chi connectivity index (χ1) is 13.8. The molecule has 2 atom stereocenters. The molecule has 4 N–H and O–H groups in total. The molecule has 0 radical (unpaired) electrons. The topological polar surface area (TPSA) is 67.1 Å². The minimum atomic E-state index is -4.43. The summed E-state index contributed by atoms with van der Waals surface area (Å²) in [5, 5.41) is 5.38. The molecular weight excluding hydrogens is 379 g/mol. The number of carbonyl (C=O) groups is 1. The Labute approximate surface area is 166 Å². The molecule has 0 aliphatic carbocycles. The van der Waals surface area contributed by atoms with E-state index in [0.29, 0.717) is 0 Å². The van der Waals surface area contributed by atoms with Gasteiger partial charge in [-0.05, 0) is 35.4 Å². The van der Waals surface area contributed by atoms with Gasteiger partial charge in [-0.2, -0.15) is 13.2 Å². The van der Waals surface area contributed by atoms with Crippen LogP contribution < -0.4 is 16.4 Å². The Hall–Kier alpha value is -3.32. The van der Waals surface area contributed by atoms with Gasteiger partial charge in [-0.3, -0.25) is 0 Å². The number of alkyl halides is 3. The van der Waals surface area contributed by atoms with E-state index >= 15 is 0 Å². The predicted octanol–water partition coefficient (Wildman–Crippen LogP) is 5.27. The van der Waals surface area contributed by atoms with Gasteiger partial charge < -0.3 is 16.4 Å². The molecule has 0 saturated heterocycles. The Morgan fingerprint density at radius 2 is 1.31 bits per heavy atom. The average Bonchev–Trinajstić information content (AvgIpc) is 2.72. The van der Waals surface area contributed by atoms with Crippen molar-refractivity contribution in [1.82, 2.24) is 5.32 Å². The highest BCUT2D eigenvalue weighted by molar-refractivity contribution is 5.89. The quantitative estimate of drug-likeness (QED) is 0.547. The first-order valence-electron chi connectivity index (χ1n) is 8.95. The van der Waals surface area contributed by atoms with E-state index in [2.05, 4.69) is 10.6 Å². The predicted molar refractivity (Wildman–Crippen MR) is 106 cm³/mol. The molecule has 2 amide bonds. The summed E-state index contributed by atoms with van der Waals surface area (Å²) in [5.74, 6) is 0. The summed E-state index contributed by atoms with van der Waals surface area (Å²) in [7, 11) is 0. The third kappa shape index (κ3) is 5.36. The molecule has 3 rings (SSSR count). The number of amides is 2. The Kier molecular flexibility index (Phi) is 6.19. The van der Waals surface area contributed by atoms with Gasteiger partial charge in [0, 0.05) is 5.69 Å². The van der Waals surface area contributed by atoms with E-state index in [4.69, 9.17) is 5.73 Å². The first kappa shape index (κ1) is 20.4. The molecule has 0 heterocycles. The van der Waals surface area contributed by atoms with Crippen molar-refractivity contribution in [2.24, 2.45) is 5.73 Å². The maximum atomic E-state index is 12.7. The minimum absolute atomic E-state index is 0.246. The normalized spacial score (nSPS) is 13.4. The van der Waals surface area contributed by atoms with Crippen molar-refractivity contribution >= 4 is 11.7 Å². The molecule has 29 heavy (non-hydrogen) atoms. The maximum Gasteiger partial charge on any atom is 0.416 e. The highest BCUT2D eigenvalue weighted by Crippen LogP contribution is 2.30. The number of carbonyl (C=O) groups excluding carboxylic acids is 1. The Bertz CT molecular complexity index is 929. The minimum Gasteiger partial charge on any atom is -0.329 e. The van der Waals surface area contributed by atoms with Crippen molar-refractivity contribution in [2.45, 2.75) is 18.3 Å². The summed E-state index contributed by atoms with van der Waals surface area (Å²) in [6, 6.07) is 21.2. The van der Waals surface area contributed by atoms with Crippen LogP contribution in [-0.4, -0.2) is 6.03 Å². The smallest absolute Gasteiger partial charge is 0.329 e. The van der Waals surface area contributed by atoms with Gasteiger partial charge in [0.1, 0.15) is 0 Å². The average molecular weight is 399 g/mol. The molecule has 0 unspecified atom stereocenters. The fourth-order valence-corrected chi connectivity index (χ4v) is 2.96. The third-order valence-electron chi connectivity index (χ3n) is 4.46. The number of rotatable bonds is 5. The fourth-order valence-electron chi connectivity index (χ4n) is 2.96. The molecule has 4 nitrogen and oxygen atoms in total. The molecule has 3 aromatic rings. The number of hydrogen-bond donors (Lipinski definition) is 3.